The van der Waals surface area contributed by atoms with Gasteiger partial charge in [-0.2, -0.15) is 0 Å². The summed E-state index contributed by atoms with van der Waals surface area (Å²) in [4.78, 5) is 28.1. The number of aliphatic hydroxyl groups excluding tert-OH is 1. The van der Waals surface area contributed by atoms with Crippen LogP contribution in [0, 0.1) is 0 Å². The normalized spacial score (nSPS) is 15.5. The molecule has 184 valence electrons. The van der Waals surface area contributed by atoms with Crippen LogP contribution >= 0.6 is 0 Å². The van der Waals surface area contributed by atoms with Crippen molar-refractivity contribution in [2.75, 3.05) is 25.7 Å². The summed E-state index contributed by atoms with van der Waals surface area (Å²) in [6, 6.07) is 20.5. The third-order valence-electron chi connectivity index (χ3n) is 5.85. The number of nitrogens with zero attached hydrogens (tertiary/aromatic N) is 1. The zero-order valence-corrected chi connectivity index (χ0v) is 20.3. The van der Waals surface area contributed by atoms with Gasteiger partial charge in [-0.05, 0) is 60.5 Å². The number of hydrogen-bond donors (Lipinski definition) is 1. The number of benzene rings is 3. The van der Waals surface area contributed by atoms with Crippen molar-refractivity contribution >= 4 is 23.5 Å². The fourth-order valence-electron chi connectivity index (χ4n) is 4.16. The first-order valence-corrected chi connectivity index (χ1v) is 11.5. The van der Waals surface area contributed by atoms with Crippen molar-refractivity contribution in [3.8, 4) is 17.2 Å². The third kappa shape index (κ3) is 4.81. The topological polar surface area (TPSA) is 85.3 Å². The maximum atomic E-state index is 13.4. The first-order chi connectivity index (χ1) is 17.5. The fraction of sp³-hybridized carbons (Fsp3) is 0.172. The second kappa shape index (κ2) is 10.8. The molecule has 0 spiro atoms. The van der Waals surface area contributed by atoms with E-state index in [0.717, 1.165) is 5.56 Å². The quantitative estimate of drug-likeness (QED) is 0.415. The number of carbonyl (C=O) groups excluding carboxylic acids is 2. The number of amides is 1. The van der Waals surface area contributed by atoms with E-state index in [2.05, 4.69) is 0 Å². The van der Waals surface area contributed by atoms with Gasteiger partial charge in [-0.1, -0.05) is 42.5 Å². The van der Waals surface area contributed by atoms with Crippen LogP contribution in [0.1, 0.15) is 24.1 Å². The number of allylic oxidation sites excluding steroid dienone is 1. The molecule has 1 N–H and O–H groups in total. The summed E-state index contributed by atoms with van der Waals surface area (Å²) in [5.41, 5.74) is 1.88. The average Bonchev–Trinajstić information content (AvgIpc) is 3.18. The van der Waals surface area contributed by atoms with Gasteiger partial charge in [0.2, 0.25) is 0 Å². The maximum absolute atomic E-state index is 13.4. The van der Waals surface area contributed by atoms with Gasteiger partial charge in [-0.3, -0.25) is 14.5 Å². The summed E-state index contributed by atoms with van der Waals surface area (Å²) in [5.74, 6) is -0.148. The number of carbonyl (C=O) groups is 2. The Labute approximate surface area is 209 Å². The molecule has 0 saturated heterocycles. The Bertz CT molecular complexity index is 1310. The SMILES string of the molecule is CCOc1ccc(N2C(=O)C(O)=C(C(=O)/C=C/c3ccccc3)[C@@H]2c2ccc(OC)c(OC)c2)cc1. The van der Waals surface area contributed by atoms with E-state index in [-0.39, 0.29) is 5.57 Å². The molecular formula is C29H27NO6. The molecule has 3 aromatic carbocycles. The van der Waals surface area contributed by atoms with Crippen molar-refractivity contribution in [2.45, 2.75) is 13.0 Å². The van der Waals surface area contributed by atoms with Gasteiger partial charge in [0.1, 0.15) is 5.75 Å². The summed E-state index contributed by atoms with van der Waals surface area (Å²) in [5, 5.41) is 10.9. The number of hydrogen-bond acceptors (Lipinski definition) is 6. The van der Waals surface area contributed by atoms with Crippen LogP contribution in [0.15, 0.2) is 90.2 Å². The molecule has 0 bridgehead atoms. The molecule has 1 aliphatic heterocycles. The Morgan fingerprint density at radius 2 is 1.67 bits per heavy atom. The molecule has 1 atom stereocenters. The summed E-state index contributed by atoms with van der Waals surface area (Å²) in [6.07, 6.45) is 3.02. The van der Waals surface area contributed by atoms with E-state index >= 15 is 0 Å². The number of methoxy groups -OCH3 is 2. The van der Waals surface area contributed by atoms with E-state index in [0.29, 0.717) is 35.1 Å². The van der Waals surface area contributed by atoms with Crippen molar-refractivity contribution < 1.29 is 28.9 Å². The molecule has 0 saturated carbocycles. The standard InChI is InChI=1S/C29H27NO6/c1-4-36-22-14-12-21(13-15-22)30-27(20-11-17-24(34-2)25(18-20)35-3)26(28(32)29(30)33)23(31)16-10-19-8-6-5-7-9-19/h5-18,27,32H,4H2,1-3H3/b16-10+/t27-/m0/s1. The smallest absolute Gasteiger partial charge is 0.294 e. The molecular weight excluding hydrogens is 458 g/mol. The number of ketones is 1. The van der Waals surface area contributed by atoms with Crippen molar-refractivity contribution in [2.24, 2.45) is 0 Å². The lowest BCUT2D eigenvalue weighted by atomic mass is 9.95. The highest BCUT2D eigenvalue weighted by molar-refractivity contribution is 6.19. The summed E-state index contributed by atoms with van der Waals surface area (Å²) >= 11 is 0. The highest BCUT2D eigenvalue weighted by Gasteiger charge is 2.44. The average molecular weight is 486 g/mol. The van der Waals surface area contributed by atoms with Gasteiger partial charge < -0.3 is 19.3 Å². The zero-order valence-electron chi connectivity index (χ0n) is 20.3. The number of aliphatic hydroxyl groups is 1. The van der Waals surface area contributed by atoms with Crippen LogP contribution in [0.2, 0.25) is 0 Å². The summed E-state index contributed by atoms with van der Waals surface area (Å²) < 4.78 is 16.3. The number of anilines is 1. The predicted molar refractivity (Wildman–Crippen MR) is 138 cm³/mol. The van der Waals surface area contributed by atoms with Gasteiger partial charge in [0.15, 0.2) is 23.0 Å². The molecule has 1 aliphatic rings. The molecule has 3 aromatic rings. The molecule has 7 nitrogen and oxygen atoms in total. The van der Waals surface area contributed by atoms with Gasteiger partial charge >= 0.3 is 0 Å². The highest BCUT2D eigenvalue weighted by atomic mass is 16.5. The van der Waals surface area contributed by atoms with Gasteiger partial charge in [-0.15, -0.1) is 0 Å². The van der Waals surface area contributed by atoms with Crippen molar-refractivity contribution in [1.82, 2.24) is 0 Å². The van der Waals surface area contributed by atoms with Crippen LogP contribution in [-0.4, -0.2) is 37.6 Å². The maximum Gasteiger partial charge on any atom is 0.294 e. The minimum atomic E-state index is -0.886. The van der Waals surface area contributed by atoms with E-state index in [1.54, 1.807) is 48.5 Å². The largest absolute Gasteiger partial charge is 0.503 e. The summed E-state index contributed by atoms with van der Waals surface area (Å²) in [7, 11) is 3.03. The Balaban J connectivity index is 1.80. The molecule has 0 aliphatic carbocycles. The first-order valence-electron chi connectivity index (χ1n) is 11.5. The lowest BCUT2D eigenvalue weighted by Gasteiger charge is -2.27. The van der Waals surface area contributed by atoms with Gasteiger partial charge in [0.05, 0.1) is 32.4 Å². The van der Waals surface area contributed by atoms with Crippen LogP contribution in [-0.2, 0) is 9.59 Å². The molecule has 7 heteroatoms. The fourth-order valence-corrected chi connectivity index (χ4v) is 4.16. The molecule has 0 unspecified atom stereocenters. The molecule has 1 heterocycles. The Morgan fingerprint density at radius 3 is 2.31 bits per heavy atom. The number of rotatable bonds is 9. The van der Waals surface area contributed by atoms with E-state index in [1.807, 2.05) is 37.3 Å². The van der Waals surface area contributed by atoms with Crippen LogP contribution in [0.25, 0.3) is 6.08 Å². The lowest BCUT2D eigenvalue weighted by molar-refractivity contribution is -0.117. The van der Waals surface area contributed by atoms with Crippen LogP contribution in [0.4, 0.5) is 5.69 Å². The second-order valence-corrected chi connectivity index (χ2v) is 7.99. The van der Waals surface area contributed by atoms with Gasteiger partial charge in [0, 0.05) is 5.69 Å². The minimum absolute atomic E-state index is 0.0201. The van der Waals surface area contributed by atoms with Crippen molar-refractivity contribution in [3.63, 3.8) is 0 Å². The van der Waals surface area contributed by atoms with Gasteiger partial charge in [0.25, 0.3) is 5.91 Å². The van der Waals surface area contributed by atoms with Crippen LogP contribution < -0.4 is 19.1 Å². The molecule has 0 fully saturated rings. The Kier molecular flexibility index (Phi) is 7.39. The Hall–Kier alpha value is -4.52. The minimum Gasteiger partial charge on any atom is -0.503 e. The van der Waals surface area contributed by atoms with Crippen molar-refractivity contribution in [1.29, 1.82) is 0 Å². The second-order valence-electron chi connectivity index (χ2n) is 7.99. The van der Waals surface area contributed by atoms with E-state index < -0.39 is 23.5 Å². The third-order valence-corrected chi connectivity index (χ3v) is 5.85. The van der Waals surface area contributed by atoms with Crippen LogP contribution in [0.3, 0.4) is 0 Å². The molecule has 0 radical (unpaired) electrons. The highest BCUT2D eigenvalue weighted by Crippen LogP contribution is 2.43. The van der Waals surface area contributed by atoms with E-state index in [9.17, 15) is 14.7 Å². The van der Waals surface area contributed by atoms with Crippen molar-refractivity contribution in [3.05, 3.63) is 101 Å². The van der Waals surface area contributed by atoms with E-state index in [4.69, 9.17) is 14.2 Å². The lowest BCUT2D eigenvalue weighted by Crippen LogP contribution is -2.30. The molecule has 1 amide bonds. The molecule has 4 rings (SSSR count). The van der Waals surface area contributed by atoms with Gasteiger partial charge in [-0.25, -0.2) is 0 Å². The predicted octanol–water partition coefficient (Wildman–Crippen LogP) is 5.29. The summed E-state index contributed by atoms with van der Waals surface area (Å²) in [6.45, 7) is 2.39. The first kappa shape index (κ1) is 24.6. The molecule has 36 heavy (non-hydrogen) atoms. The monoisotopic (exact) mass is 485 g/mol. The number of ether oxygens (including phenoxy) is 3. The molecule has 0 aromatic heterocycles. The zero-order chi connectivity index (χ0) is 25.7. The van der Waals surface area contributed by atoms with Crippen LogP contribution in [0.5, 0.6) is 17.2 Å². The Morgan fingerprint density at radius 1 is 0.972 bits per heavy atom. The van der Waals surface area contributed by atoms with E-state index in [1.165, 1.54) is 25.2 Å².